The second kappa shape index (κ2) is 45.4. The fraction of sp³-hybridized carbons (Fsp3) is 0.571. The Kier molecular flexibility index (Phi) is 37.4. The van der Waals surface area contributed by atoms with Crippen molar-refractivity contribution in [1.29, 1.82) is 0 Å². The van der Waals surface area contributed by atoms with Crippen molar-refractivity contribution in [3.63, 3.8) is 0 Å². The average Bonchev–Trinajstić information content (AvgIpc) is 1.73. The number of phenols is 2. The molecule has 3 aliphatic heterocycles. The van der Waals surface area contributed by atoms with E-state index in [2.05, 4.69) is 58.5 Å². The molecule has 3 saturated heterocycles. The lowest BCUT2D eigenvalue weighted by Gasteiger charge is -2.31. The Morgan fingerprint density at radius 1 is 0.553 bits per heavy atom. The van der Waals surface area contributed by atoms with E-state index in [0.717, 1.165) is 45.2 Å². The summed E-state index contributed by atoms with van der Waals surface area (Å²) in [6.07, 6.45) is -6.96. The van der Waals surface area contributed by atoms with Crippen LogP contribution >= 0.6 is 33.3 Å². The van der Waals surface area contributed by atoms with Crippen LogP contribution in [0.4, 0.5) is 0 Å². The smallest absolute Gasteiger partial charge is 0.326 e. The summed E-state index contributed by atoms with van der Waals surface area (Å²) < 4.78 is 0. The molecular weight excluding hydrogens is 1560 g/mol. The zero-order valence-electron chi connectivity index (χ0n) is 63.1. The van der Waals surface area contributed by atoms with E-state index in [-0.39, 0.29) is 80.2 Å². The van der Waals surface area contributed by atoms with E-state index in [0.29, 0.717) is 5.56 Å². The Labute approximate surface area is 666 Å². The van der Waals surface area contributed by atoms with Gasteiger partial charge in [-0.25, -0.2) is 4.79 Å². The molecule has 3 aliphatic rings. The predicted octanol–water partition coefficient (Wildman–Crippen LogP) is -6.94. The summed E-state index contributed by atoms with van der Waals surface area (Å²) in [5.41, 5.74) is 23.8. The van der Waals surface area contributed by atoms with Crippen molar-refractivity contribution in [1.82, 2.24) is 68.3 Å². The molecule has 3 fully saturated rings. The van der Waals surface area contributed by atoms with Crippen LogP contribution < -0.4 is 81.4 Å². The lowest BCUT2D eigenvalue weighted by molar-refractivity contribution is -0.146. The highest BCUT2D eigenvalue weighted by molar-refractivity contribution is 8.76. The number of amides is 16. The Bertz CT molecular complexity index is 3830. The van der Waals surface area contributed by atoms with Gasteiger partial charge in [0.1, 0.15) is 90.0 Å². The van der Waals surface area contributed by atoms with Crippen molar-refractivity contribution in [2.75, 3.05) is 36.6 Å². The second-order valence-electron chi connectivity index (χ2n) is 27.9. The first-order chi connectivity index (χ1) is 53.7. The lowest BCUT2D eigenvalue weighted by atomic mass is 10.0. The predicted molar refractivity (Wildman–Crippen MR) is 409 cm³/mol. The number of rotatable bonds is 28. The van der Waals surface area contributed by atoms with E-state index in [4.69, 9.17) is 28.0 Å². The van der Waals surface area contributed by atoms with Crippen molar-refractivity contribution in [3.8, 4) is 11.5 Å². The van der Waals surface area contributed by atoms with Crippen LogP contribution in [0.3, 0.4) is 0 Å². The lowest BCUT2D eigenvalue weighted by Crippen LogP contribution is -2.63. The summed E-state index contributed by atoms with van der Waals surface area (Å²) in [6, 6.07) is -13.5. The van der Waals surface area contributed by atoms with Crippen molar-refractivity contribution >= 4 is 140 Å². The van der Waals surface area contributed by atoms with Gasteiger partial charge in [0.05, 0.1) is 31.1 Å². The number of thioether (sulfide) groups is 1. The number of carbonyl (C=O) groups excluding carboxylic acids is 16. The maximum atomic E-state index is 15.0. The number of aliphatic hydroxyl groups excluding tert-OH is 2. The second-order valence-corrected chi connectivity index (χ2v) is 31.4. The molecule has 25 N–H and O–H groups in total. The number of phenolic OH excluding ortho intramolecular Hbond substituents is 2. The number of carbonyl (C=O) groups is 18. The summed E-state index contributed by atoms with van der Waals surface area (Å²) in [6.45, 7) is 4.72. The van der Waals surface area contributed by atoms with Gasteiger partial charge in [-0.05, 0) is 112 Å². The van der Waals surface area contributed by atoms with Gasteiger partial charge >= 0.3 is 11.9 Å². The first-order valence-corrected chi connectivity index (χ1v) is 40.2. The summed E-state index contributed by atoms with van der Waals surface area (Å²) >= 11 is 1.19. The molecule has 2 aromatic carbocycles. The zero-order valence-corrected chi connectivity index (χ0v) is 65.6. The first kappa shape index (κ1) is 94.0. The molecule has 114 heavy (non-hydrogen) atoms. The fourth-order valence-electron chi connectivity index (χ4n) is 12.3. The highest BCUT2D eigenvalue weighted by Gasteiger charge is 2.45. The Morgan fingerprint density at radius 2 is 1.05 bits per heavy atom. The Hall–Kier alpha value is -10.6. The maximum Gasteiger partial charge on any atom is 0.326 e. The quantitative estimate of drug-likeness (QED) is 0.0352. The van der Waals surface area contributed by atoms with Gasteiger partial charge < -0.3 is 122 Å². The summed E-state index contributed by atoms with van der Waals surface area (Å²) in [7, 11) is 1.65. The third kappa shape index (κ3) is 29.4. The maximum absolute atomic E-state index is 15.0. The molecule has 2 aromatic rings. The van der Waals surface area contributed by atoms with E-state index in [1.807, 2.05) is 0 Å². The number of aliphatic carboxylic acids is 2. The number of likely N-dealkylation sites (tertiary alicyclic amines) is 1. The number of nitrogens with one attached hydrogen (secondary N) is 11. The number of carboxylic acids is 2. The number of carboxylic acid groups (broad SMARTS) is 2. The van der Waals surface area contributed by atoms with Gasteiger partial charge in [-0.15, -0.1) is 0 Å². The van der Waals surface area contributed by atoms with Crippen molar-refractivity contribution in [3.05, 3.63) is 59.7 Å². The van der Waals surface area contributed by atoms with Crippen LogP contribution in [0.15, 0.2) is 48.5 Å². The Balaban J connectivity index is 1.60. The Morgan fingerprint density at radius 3 is 1.57 bits per heavy atom. The molecular formula is C70H101N17O24S3. The first-order valence-electron chi connectivity index (χ1n) is 36.4. The monoisotopic (exact) mass is 1660 g/mol. The van der Waals surface area contributed by atoms with Crippen LogP contribution in [-0.4, -0.2) is 280 Å². The number of aromatic hydroxyl groups is 2. The molecule has 16 atom stereocenters. The van der Waals surface area contributed by atoms with Crippen molar-refractivity contribution < 1.29 is 117 Å². The van der Waals surface area contributed by atoms with E-state index in [9.17, 15) is 112 Å². The summed E-state index contributed by atoms with van der Waals surface area (Å²) in [5, 5.41) is 88.0. The molecule has 3 heterocycles. The van der Waals surface area contributed by atoms with Crippen LogP contribution in [0.5, 0.6) is 11.5 Å². The van der Waals surface area contributed by atoms with Gasteiger partial charge in [-0.3, -0.25) is 81.5 Å². The molecule has 0 spiro atoms. The highest BCUT2D eigenvalue weighted by atomic mass is 33.1. The number of primary amides is 3. The molecule has 16 amide bonds. The molecule has 0 aliphatic carbocycles. The van der Waals surface area contributed by atoms with Crippen LogP contribution in [0.1, 0.15) is 109 Å². The van der Waals surface area contributed by atoms with Crippen LogP contribution in [0, 0.1) is 5.92 Å². The van der Waals surface area contributed by atoms with E-state index < -0.39 is 260 Å². The average molecular weight is 1660 g/mol. The van der Waals surface area contributed by atoms with E-state index >= 15 is 0 Å². The highest BCUT2D eigenvalue weighted by Crippen LogP contribution is 2.26. The largest absolute Gasteiger partial charge is 0.508 e. The number of nitrogens with zero attached hydrogens (tertiary/aromatic N) is 2. The summed E-state index contributed by atoms with van der Waals surface area (Å²) in [4.78, 5) is 251. The number of benzene rings is 2. The number of fused-ring (bicyclic) bond motifs is 1. The van der Waals surface area contributed by atoms with Crippen LogP contribution in [-0.2, 0) is 99.1 Å². The molecule has 0 bridgehead atoms. The number of hydrogen-bond donors (Lipinski definition) is 21. The molecule has 44 heteroatoms. The molecule has 0 saturated carbocycles. The van der Waals surface area contributed by atoms with Crippen molar-refractivity contribution in [2.24, 2.45) is 28.9 Å². The minimum Gasteiger partial charge on any atom is -0.508 e. The molecule has 628 valence electrons. The van der Waals surface area contributed by atoms with E-state index in [1.54, 1.807) is 6.26 Å². The van der Waals surface area contributed by atoms with Gasteiger partial charge in [0.15, 0.2) is 0 Å². The zero-order chi connectivity index (χ0) is 85.0. The minimum atomic E-state index is -2.03. The van der Waals surface area contributed by atoms with Gasteiger partial charge in [0.2, 0.25) is 94.5 Å². The van der Waals surface area contributed by atoms with Gasteiger partial charge in [-0.1, -0.05) is 59.7 Å². The third-order valence-electron chi connectivity index (χ3n) is 18.5. The van der Waals surface area contributed by atoms with Crippen molar-refractivity contribution in [2.45, 2.75) is 208 Å². The topological polar surface area (TPSA) is 672 Å². The minimum absolute atomic E-state index is 0.0348. The van der Waals surface area contributed by atoms with Gasteiger partial charge in [0.25, 0.3) is 0 Å². The number of aliphatic hydroxyl groups is 2. The number of hydrogen-bond acceptors (Lipinski definition) is 26. The third-order valence-corrected chi connectivity index (χ3v) is 21.6. The molecule has 5 rings (SSSR count). The standard InChI is InChI=1S/C70H101N17O24S3/c1-32(2)54(65(105)81-46(29-52(74)94)69(109)86-23-6-8-48(86)63(103)77-42(70(110)111)19-21-53(95)96)83-62(102)47-31-114-113-30-39(71)57(97)78-43(26-35-10-14-37(90)15-11-35)61(101)80-45(28-51(73)93)68(108)87-24-7-9-49(87)64(104)84-56(34(4)89)67(107)85-55(33(3)88)66(106)79-44(27-36-12-16-38(91)17-13-36)60(100)75-40(18-20-50(72)92)58(98)76-41(22-25-112-5)59(99)82-47/h10-17,32-34,39-49,54-56,88-91H,6-9,18-31,71H2,1-5H3,(H2,72,92)(H2,73,93)(H2,74,94)(H,75,100)(H,76,98)(H,77,103)(H,78,97)(H,79,106)(H,80,101)(H,81,105)(H,82,99)(H,83,102)(H,84,104)(H,85,107)(H,95,96)(H,110,111)/t33-,34-,39+,40+,41+,42+,43+,44+,45+,46+,47+,48+,49+,54+,55+,56+/m1/s1. The van der Waals surface area contributed by atoms with E-state index in [1.165, 1.54) is 74.1 Å². The van der Waals surface area contributed by atoms with Crippen LogP contribution in [0.2, 0.25) is 0 Å². The van der Waals surface area contributed by atoms with Gasteiger partial charge in [0, 0.05) is 50.3 Å². The molecule has 0 aromatic heterocycles. The van der Waals surface area contributed by atoms with Crippen LogP contribution in [0.25, 0.3) is 0 Å². The normalized spacial score (nSPS) is 24.4. The molecule has 41 nitrogen and oxygen atoms in total. The SMILES string of the molecule is CSCC[C@@H]1NC(=O)[C@H](CCC(N)=O)NC(=O)[C@H](Cc2ccc(O)cc2)NC(=O)[C@H]([C@@H](C)O)NC(=O)[C@H]([C@@H](C)O)NC(=O)[C@@H]2CCCN2C(=O)[C@H](CC(N)=O)NC(=O)[C@H](Cc2ccc(O)cc2)NC(=O)[C@@H](N)CSSC[C@@H](C(=O)N[C@H](C(=O)N[C@@H](CC(N)=O)C(=O)N2CCC[C@H]2C(=O)N[C@@H](CCC(=O)O)C(=O)O)C(C)C)NC1=O. The van der Waals surface area contributed by atoms with Gasteiger partial charge in [-0.2, -0.15) is 11.8 Å². The molecule has 0 unspecified atom stereocenters. The molecule has 0 radical (unpaired) electrons. The summed E-state index contributed by atoms with van der Waals surface area (Å²) in [5.74, 6) is -22.7. The fourth-order valence-corrected chi connectivity index (χ4v) is 15.1. The number of nitrogens with two attached hydrogens (primary N) is 4.